The highest BCUT2D eigenvalue weighted by molar-refractivity contribution is 5.57. The maximum atomic E-state index is 12.7. The Morgan fingerprint density at radius 2 is 1.76 bits per heavy atom. The van der Waals surface area contributed by atoms with Crippen LogP contribution >= 0.6 is 0 Å². The molecule has 4 nitrogen and oxygen atoms in total. The zero-order chi connectivity index (χ0) is 12.3. The molecule has 0 N–H and O–H groups in total. The Labute approximate surface area is 98.0 Å². The van der Waals surface area contributed by atoms with Crippen molar-refractivity contribution < 1.29 is 4.39 Å². The Morgan fingerprint density at radius 3 is 2.29 bits per heavy atom. The van der Waals surface area contributed by atoms with E-state index < -0.39 is 5.82 Å². The molecule has 0 spiro atoms. The van der Waals surface area contributed by atoms with Crippen LogP contribution in [0.15, 0.2) is 36.7 Å². The fraction of sp³-hybridized carbons (Fsp3) is 0.0833. The molecule has 17 heavy (non-hydrogen) atoms. The Kier molecular flexibility index (Phi) is 2.97. The van der Waals surface area contributed by atoms with E-state index in [0.717, 1.165) is 18.1 Å². The molecule has 0 saturated heterocycles. The summed E-state index contributed by atoms with van der Waals surface area (Å²) in [6.45, 7) is 0. The predicted octanol–water partition coefficient (Wildman–Crippen LogP) is 2.26. The van der Waals surface area contributed by atoms with Crippen LogP contribution in [0.5, 0.6) is 0 Å². The number of rotatable bonds is 2. The lowest BCUT2D eigenvalue weighted by Crippen LogP contribution is -2.12. The second-order valence-corrected chi connectivity index (χ2v) is 3.42. The van der Waals surface area contributed by atoms with Crippen LogP contribution < -0.4 is 4.90 Å². The van der Waals surface area contributed by atoms with Gasteiger partial charge in [0.2, 0.25) is 5.95 Å². The van der Waals surface area contributed by atoms with Crippen LogP contribution in [0.25, 0.3) is 0 Å². The van der Waals surface area contributed by atoms with Gasteiger partial charge in [-0.1, -0.05) is 0 Å². The van der Waals surface area contributed by atoms with E-state index in [-0.39, 0.29) is 0 Å². The lowest BCUT2D eigenvalue weighted by Gasteiger charge is -2.16. The van der Waals surface area contributed by atoms with Crippen LogP contribution in [0.1, 0.15) is 5.56 Å². The van der Waals surface area contributed by atoms with Gasteiger partial charge >= 0.3 is 0 Å². The highest BCUT2D eigenvalue weighted by Gasteiger charge is 2.06. The number of halogens is 1. The van der Waals surface area contributed by atoms with E-state index in [2.05, 4.69) is 9.97 Å². The summed E-state index contributed by atoms with van der Waals surface area (Å²) >= 11 is 0. The monoisotopic (exact) mass is 228 g/mol. The van der Waals surface area contributed by atoms with E-state index in [1.807, 2.05) is 6.07 Å². The van der Waals surface area contributed by atoms with Crippen LogP contribution in [0, 0.1) is 17.1 Å². The first-order valence-corrected chi connectivity index (χ1v) is 4.92. The van der Waals surface area contributed by atoms with E-state index in [0.29, 0.717) is 11.5 Å². The molecule has 2 rings (SSSR count). The maximum absolute atomic E-state index is 12.7. The first kappa shape index (κ1) is 11.0. The summed E-state index contributed by atoms with van der Waals surface area (Å²) in [6.07, 6.45) is 2.23. The molecule has 2 aromatic rings. The molecule has 0 amide bonds. The van der Waals surface area contributed by atoms with Gasteiger partial charge in [0.05, 0.1) is 24.0 Å². The lowest BCUT2D eigenvalue weighted by atomic mass is 10.2. The van der Waals surface area contributed by atoms with Gasteiger partial charge in [0.1, 0.15) is 0 Å². The summed E-state index contributed by atoms with van der Waals surface area (Å²) in [5, 5.41) is 8.68. The van der Waals surface area contributed by atoms with Crippen molar-refractivity contribution >= 4 is 11.6 Å². The first-order chi connectivity index (χ1) is 8.20. The fourth-order valence-corrected chi connectivity index (χ4v) is 1.35. The number of aromatic nitrogens is 2. The van der Waals surface area contributed by atoms with E-state index in [1.165, 1.54) is 0 Å². The van der Waals surface area contributed by atoms with Gasteiger partial charge in [-0.05, 0) is 24.3 Å². The highest BCUT2D eigenvalue weighted by Crippen LogP contribution is 2.19. The molecule has 0 fully saturated rings. The van der Waals surface area contributed by atoms with Crippen molar-refractivity contribution in [3.8, 4) is 6.07 Å². The summed E-state index contributed by atoms with van der Waals surface area (Å²) < 4.78 is 12.7. The van der Waals surface area contributed by atoms with Gasteiger partial charge in [0.25, 0.3) is 0 Å². The highest BCUT2D eigenvalue weighted by atomic mass is 19.1. The third-order valence-corrected chi connectivity index (χ3v) is 2.29. The van der Waals surface area contributed by atoms with Gasteiger partial charge in [0, 0.05) is 12.7 Å². The molecule has 0 radical (unpaired) electrons. The summed E-state index contributed by atoms with van der Waals surface area (Å²) in [5.74, 6) is -0.0712. The standard InChI is InChI=1S/C12H9FN4/c1-17(12-15-7-10(13)8-16-12)11-4-2-9(6-14)3-5-11/h2-5,7-8H,1H3. The molecule has 0 aliphatic carbocycles. The van der Waals surface area contributed by atoms with Crippen molar-refractivity contribution in [2.75, 3.05) is 11.9 Å². The van der Waals surface area contributed by atoms with Crippen molar-refractivity contribution in [2.24, 2.45) is 0 Å². The van der Waals surface area contributed by atoms with Gasteiger partial charge in [-0.25, -0.2) is 14.4 Å². The molecule has 84 valence electrons. The SMILES string of the molecule is CN(c1ccc(C#N)cc1)c1ncc(F)cn1. The Bertz CT molecular complexity index is 542. The zero-order valence-corrected chi connectivity index (χ0v) is 9.13. The quantitative estimate of drug-likeness (QED) is 0.791. The second-order valence-electron chi connectivity index (χ2n) is 3.42. The molecule has 0 atom stereocenters. The number of anilines is 2. The largest absolute Gasteiger partial charge is 0.314 e. The Morgan fingerprint density at radius 1 is 1.18 bits per heavy atom. The number of hydrogen-bond acceptors (Lipinski definition) is 4. The van der Waals surface area contributed by atoms with E-state index in [1.54, 1.807) is 36.2 Å². The zero-order valence-electron chi connectivity index (χ0n) is 9.13. The number of nitriles is 1. The van der Waals surface area contributed by atoms with Gasteiger partial charge in [0.15, 0.2) is 5.82 Å². The van der Waals surface area contributed by atoms with Gasteiger partial charge < -0.3 is 4.90 Å². The van der Waals surface area contributed by atoms with E-state index in [4.69, 9.17) is 5.26 Å². The van der Waals surface area contributed by atoms with Crippen molar-refractivity contribution in [3.05, 3.63) is 48.0 Å². The molecular formula is C12H9FN4. The van der Waals surface area contributed by atoms with E-state index >= 15 is 0 Å². The van der Waals surface area contributed by atoms with Crippen LogP contribution in [-0.2, 0) is 0 Å². The lowest BCUT2D eigenvalue weighted by molar-refractivity contribution is 0.613. The number of nitrogens with zero attached hydrogens (tertiary/aromatic N) is 4. The van der Waals surface area contributed by atoms with Gasteiger partial charge in [-0.2, -0.15) is 5.26 Å². The van der Waals surface area contributed by atoms with Crippen molar-refractivity contribution in [3.63, 3.8) is 0 Å². The minimum atomic E-state index is -0.470. The van der Waals surface area contributed by atoms with Crippen LogP contribution in [0.4, 0.5) is 16.0 Å². The Hall–Kier alpha value is -2.48. The van der Waals surface area contributed by atoms with Crippen molar-refractivity contribution in [1.82, 2.24) is 9.97 Å². The second kappa shape index (κ2) is 4.58. The van der Waals surface area contributed by atoms with Gasteiger partial charge in [-0.15, -0.1) is 0 Å². The molecule has 5 heteroatoms. The van der Waals surface area contributed by atoms with E-state index in [9.17, 15) is 4.39 Å². The van der Waals surface area contributed by atoms with Crippen molar-refractivity contribution in [1.29, 1.82) is 5.26 Å². The smallest absolute Gasteiger partial charge is 0.229 e. The van der Waals surface area contributed by atoms with Crippen LogP contribution in [0.2, 0.25) is 0 Å². The predicted molar refractivity (Wildman–Crippen MR) is 61.2 cm³/mol. The molecular weight excluding hydrogens is 219 g/mol. The minimum absolute atomic E-state index is 0.399. The Balaban J connectivity index is 2.27. The average Bonchev–Trinajstić information content (AvgIpc) is 2.39. The molecule has 0 aliphatic rings. The van der Waals surface area contributed by atoms with Gasteiger partial charge in [-0.3, -0.25) is 0 Å². The first-order valence-electron chi connectivity index (χ1n) is 4.92. The third kappa shape index (κ3) is 2.37. The van der Waals surface area contributed by atoms with Crippen molar-refractivity contribution in [2.45, 2.75) is 0 Å². The summed E-state index contributed by atoms with van der Waals surface area (Å²) in [7, 11) is 1.77. The van der Waals surface area contributed by atoms with Crippen LogP contribution in [-0.4, -0.2) is 17.0 Å². The molecule has 1 heterocycles. The molecule has 0 saturated carbocycles. The fourth-order valence-electron chi connectivity index (χ4n) is 1.35. The molecule has 1 aromatic heterocycles. The molecule has 0 unspecified atom stereocenters. The minimum Gasteiger partial charge on any atom is -0.314 e. The number of benzene rings is 1. The molecule has 0 bridgehead atoms. The maximum Gasteiger partial charge on any atom is 0.229 e. The van der Waals surface area contributed by atoms with Crippen LogP contribution in [0.3, 0.4) is 0 Å². The number of hydrogen-bond donors (Lipinski definition) is 0. The summed E-state index contributed by atoms with van der Waals surface area (Å²) in [6, 6.07) is 9.01. The average molecular weight is 228 g/mol. The summed E-state index contributed by atoms with van der Waals surface area (Å²) in [5.41, 5.74) is 1.41. The topological polar surface area (TPSA) is 52.8 Å². The summed E-state index contributed by atoms with van der Waals surface area (Å²) in [4.78, 5) is 9.45. The molecule has 1 aromatic carbocycles. The third-order valence-electron chi connectivity index (χ3n) is 2.29. The molecule has 0 aliphatic heterocycles. The normalized spacial score (nSPS) is 9.71.